The van der Waals surface area contributed by atoms with Crippen molar-refractivity contribution in [1.29, 1.82) is 0 Å². The lowest BCUT2D eigenvalue weighted by Crippen LogP contribution is -2.44. The van der Waals surface area contributed by atoms with Gasteiger partial charge in [0.15, 0.2) is 6.04 Å². The molecule has 0 saturated carbocycles. The summed E-state index contributed by atoms with van der Waals surface area (Å²) in [7, 11) is 1.34. The summed E-state index contributed by atoms with van der Waals surface area (Å²) >= 11 is 0. The molecular formula is C8H13NO5. The molecule has 0 aromatic carbocycles. The van der Waals surface area contributed by atoms with Gasteiger partial charge in [0.2, 0.25) is 0 Å². The first-order valence-corrected chi connectivity index (χ1v) is 3.87. The quantitative estimate of drug-likeness (QED) is 0.593. The van der Waals surface area contributed by atoms with E-state index in [1.165, 1.54) is 13.2 Å². The van der Waals surface area contributed by atoms with Crippen LogP contribution in [-0.4, -0.2) is 43.5 Å². The van der Waals surface area contributed by atoms with Gasteiger partial charge in [-0.1, -0.05) is 12.7 Å². The number of alkyl carbamates (subject to hydrolysis) is 1. The van der Waals surface area contributed by atoms with Crippen LogP contribution in [-0.2, 0) is 14.3 Å². The maximum Gasteiger partial charge on any atom is 0.408 e. The number of amides is 1. The van der Waals surface area contributed by atoms with E-state index in [9.17, 15) is 9.59 Å². The number of methoxy groups -OCH3 is 1. The lowest BCUT2D eigenvalue weighted by atomic mass is 10.3. The van der Waals surface area contributed by atoms with Gasteiger partial charge in [-0.25, -0.2) is 9.59 Å². The standard InChI is InChI=1S/C8H13NO5/c1-3-4-14-8(12)9-6(5-13-2)7(10)11/h3,6H,1,4-5H2,2H3,(H,9,12)(H,10,11)/t6-/m0/s1. The highest BCUT2D eigenvalue weighted by Crippen LogP contribution is 1.88. The molecule has 0 spiro atoms. The van der Waals surface area contributed by atoms with Gasteiger partial charge in [-0.2, -0.15) is 0 Å². The summed E-state index contributed by atoms with van der Waals surface area (Å²) in [4.78, 5) is 21.4. The Balaban J connectivity index is 3.95. The van der Waals surface area contributed by atoms with Crippen molar-refractivity contribution >= 4 is 12.1 Å². The zero-order chi connectivity index (χ0) is 11.0. The van der Waals surface area contributed by atoms with Crippen molar-refractivity contribution in [3.8, 4) is 0 Å². The van der Waals surface area contributed by atoms with Gasteiger partial charge < -0.3 is 19.9 Å². The van der Waals surface area contributed by atoms with Crippen LogP contribution in [0.1, 0.15) is 0 Å². The van der Waals surface area contributed by atoms with Crippen LogP contribution in [0.25, 0.3) is 0 Å². The van der Waals surface area contributed by atoms with Gasteiger partial charge in [0.25, 0.3) is 0 Å². The second kappa shape index (κ2) is 6.90. The summed E-state index contributed by atoms with van der Waals surface area (Å²) < 4.78 is 9.13. The first-order valence-electron chi connectivity index (χ1n) is 3.87. The number of ether oxygens (including phenoxy) is 2. The van der Waals surface area contributed by atoms with Crippen molar-refractivity contribution < 1.29 is 24.2 Å². The highest BCUT2D eigenvalue weighted by atomic mass is 16.5. The highest BCUT2D eigenvalue weighted by Gasteiger charge is 2.19. The molecule has 0 rings (SSSR count). The highest BCUT2D eigenvalue weighted by molar-refractivity contribution is 5.80. The summed E-state index contributed by atoms with van der Waals surface area (Å²) in [5.41, 5.74) is 0. The molecule has 6 nitrogen and oxygen atoms in total. The molecule has 0 aliphatic carbocycles. The van der Waals surface area contributed by atoms with E-state index in [4.69, 9.17) is 5.11 Å². The van der Waals surface area contributed by atoms with E-state index in [1.807, 2.05) is 0 Å². The first-order chi connectivity index (χ1) is 6.61. The van der Waals surface area contributed by atoms with Gasteiger partial charge in [0.05, 0.1) is 6.61 Å². The molecular weight excluding hydrogens is 190 g/mol. The molecule has 0 aliphatic rings. The molecule has 0 heterocycles. The Bertz CT molecular complexity index is 216. The van der Waals surface area contributed by atoms with E-state index in [1.54, 1.807) is 0 Å². The molecule has 0 fully saturated rings. The minimum absolute atomic E-state index is 0.0329. The van der Waals surface area contributed by atoms with Crippen LogP contribution >= 0.6 is 0 Å². The normalized spacial score (nSPS) is 11.5. The van der Waals surface area contributed by atoms with Crippen molar-refractivity contribution in [3.63, 3.8) is 0 Å². The Morgan fingerprint density at radius 2 is 2.29 bits per heavy atom. The fraction of sp³-hybridized carbons (Fsp3) is 0.500. The summed E-state index contributed by atoms with van der Waals surface area (Å²) in [5, 5.41) is 10.7. The van der Waals surface area contributed by atoms with Crippen LogP contribution in [0.5, 0.6) is 0 Å². The number of rotatable bonds is 6. The fourth-order valence-corrected chi connectivity index (χ4v) is 0.660. The van der Waals surface area contributed by atoms with E-state index < -0.39 is 18.1 Å². The van der Waals surface area contributed by atoms with Crippen LogP contribution < -0.4 is 5.32 Å². The topological polar surface area (TPSA) is 84.9 Å². The molecule has 14 heavy (non-hydrogen) atoms. The predicted molar refractivity (Wildman–Crippen MR) is 48.0 cm³/mol. The van der Waals surface area contributed by atoms with Crippen molar-refractivity contribution in [2.24, 2.45) is 0 Å². The van der Waals surface area contributed by atoms with Gasteiger partial charge in [-0.05, 0) is 0 Å². The predicted octanol–water partition coefficient (Wildman–Crippen LogP) is -0.00180. The second-order valence-electron chi connectivity index (χ2n) is 2.38. The SMILES string of the molecule is C=CCOC(=O)N[C@@H](COC)C(=O)O. The monoisotopic (exact) mass is 203 g/mol. The summed E-state index contributed by atoms with van der Waals surface area (Å²) in [5.74, 6) is -1.18. The third-order valence-electron chi connectivity index (χ3n) is 1.26. The van der Waals surface area contributed by atoms with Gasteiger partial charge in [-0.15, -0.1) is 0 Å². The third kappa shape index (κ3) is 5.15. The number of carboxylic acid groups (broad SMARTS) is 1. The molecule has 0 bridgehead atoms. The average molecular weight is 203 g/mol. The van der Waals surface area contributed by atoms with Gasteiger partial charge >= 0.3 is 12.1 Å². The number of carbonyl (C=O) groups excluding carboxylic acids is 1. The average Bonchev–Trinajstić information content (AvgIpc) is 2.14. The number of hydrogen-bond acceptors (Lipinski definition) is 4. The Morgan fingerprint density at radius 1 is 1.64 bits per heavy atom. The molecule has 0 saturated heterocycles. The van der Waals surface area contributed by atoms with Gasteiger partial charge in [0.1, 0.15) is 6.61 Å². The van der Waals surface area contributed by atoms with Crippen LogP contribution in [0.3, 0.4) is 0 Å². The molecule has 0 aliphatic heterocycles. The van der Waals surface area contributed by atoms with E-state index >= 15 is 0 Å². The number of carbonyl (C=O) groups is 2. The summed E-state index contributed by atoms with van der Waals surface area (Å²) in [6.45, 7) is 3.26. The second-order valence-corrected chi connectivity index (χ2v) is 2.38. The van der Waals surface area contributed by atoms with E-state index in [0.29, 0.717) is 0 Å². The van der Waals surface area contributed by atoms with E-state index in [-0.39, 0.29) is 13.2 Å². The summed E-state index contributed by atoms with van der Waals surface area (Å²) in [6, 6.07) is -1.10. The first kappa shape index (κ1) is 12.4. The van der Waals surface area contributed by atoms with Crippen molar-refractivity contribution in [3.05, 3.63) is 12.7 Å². The zero-order valence-electron chi connectivity index (χ0n) is 7.86. The minimum Gasteiger partial charge on any atom is -0.480 e. The third-order valence-corrected chi connectivity index (χ3v) is 1.26. The van der Waals surface area contributed by atoms with Crippen molar-refractivity contribution in [2.75, 3.05) is 20.3 Å². The Morgan fingerprint density at radius 3 is 2.71 bits per heavy atom. The smallest absolute Gasteiger partial charge is 0.408 e. The number of aliphatic carboxylic acids is 1. The molecule has 1 atom stereocenters. The van der Waals surface area contributed by atoms with E-state index in [2.05, 4.69) is 21.4 Å². The zero-order valence-corrected chi connectivity index (χ0v) is 7.86. The largest absolute Gasteiger partial charge is 0.480 e. The van der Waals surface area contributed by atoms with Crippen LogP contribution in [0.4, 0.5) is 4.79 Å². The van der Waals surface area contributed by atoms with Gasteiger partial charge in [0, 0.05) is 7.11 Å². The van der Waals surface area contributed by atoms with Crippen molar-refractivity contribution in [1.82, 2.24) is 5.32 Å². The number of hydrogen-bond donors (Lipinski definition) is 2. The molecule has 0 unspecified atom stereocenters. The van der Waals surface area contributed by atoms with Crippen molar-refractivity contribution in [2.45, 2.75) is 6.04 Å². The molecule has 2 N–H and O–H groups in total. The van der Waals surface area contributed by atoms with Crippen LogP contribution in [0.15, 0.2) is 12.7 Å². The molecule has 0 aromatic rings. The van der Waals surface area contributed by atoms with Gasteiger partial charge in [-0.3, -0.25) is 0 Å². The number of carboxylic acids is 1. The molecule has 1 amide bonds. The lowest BCUT2D eigenvalue weighted by molar-refractivity contribution is -0.140. The summed E-state index contributed by atoms with van der Waals surface area (Å²) in [6.07, 6.45) is 0.570. The molecule has 6 heteroatoms. The lowest BCUT2D eigenvalue weighted by Gasteiger charge is -2.12. The Labute approximate surface area is 81.5 Å². The van der Waals surface area contributed by atoms with Crippen LogP contribution in [0, 0.1) is 0 Å². The fourth-order valence-electron chi connectivity index (χ4n) is 0.660. The Kier molecular flexibility index (Phi) is 6.13. The van der Waals surface area contributed by atoms with E-state index in [0.717, 1.165) is 0 Å². The number of nitrogens with one attached hydrogen (secondary N) is 1. The maximum atomic E-state index is 10.9. The minimum atomic E-state index is -1.18. The Hall–Kier alpha value is -1.56. The van der Waals surface area contributed by atoms with Crippen LogP contribution in [0.2, 0.25) is 0 Å². The maximum absolute atomic E-state index is 10.9. The molecule has 0 aromatic heterocycles. The molecule has 80 valence electrons. The molecule has 0 radical (unpaired) electrons.